The summed E-state index contributed by atoms with van der Waals surface area (Å²) in [4.78, 5) is 32.5. The van der Waals surface area contributed by atoms with Gasteiger partial charge in [-0.2, -0.15) is 10.4 Å². The van der Waals surface area contributed by atoms with E-state index < -0.39 is 11.8 Å². The lowest BCUT2D eigenvalue weighted by molar-refractivity contribution is -0.136. The lowest BCUT2D eigenvalue weighted by Gasteiger charge is -2.57. The molecule has 0 aliphatic heterocycles. The van der Waals surface area contributed by atoms with Crippen molar-refractivity contribution < 1.29 is 14.3 Å². The maximum atomic E-state index is 12.6. The van der Waals surface area contributed by atoms with Crippen molar-refractivity contribution in [2.45, 2.75) is 38.1 Å². The molecule has 3 aromatic heterocycles. The fourth-order valence-electron chi connectivity index (χ4n) is 6.98. The van der Waals surface area contributed by atoms with Gasteiger partial charge >= 0.3 is 11.8 Å². The molecule has 7 rings (SSSR count). The lowest BCUT2D eigenvalue weighted by Crippen LogP contribution is -2.51. The van der Waals surface area contributed by atoms with Gasteiger partial charge in [-0.15, -0.1) is 0 Å². The van der Waals surface area contributed by atoms with E-state index >= 15 is 0 Å². The molecular weight excluding hydrogens is 434 g/mol. The van der Waals surface area contributed by atoms with Crippen molar-refractivity contribution in [2.75, 3.05) is 25.6 Å². The van der Waals surface area contributed by atoms with Gasteiger partial charge in [-0.1, -0.05) is 0 Å². The number of nitrogens with zero attached hydrogens (tertiary/aromatic N) is 4. The minimum atomic E-state index is -0.773. The molecule has 4 saturated carbocycles. The number of ether oxygens (including phenoxy) is 1. The second kappa shape index (κ2) is 7.81. The SMILES string of the molecule is COCCNC(=O)C(=O)Nc1nn(C2C3CC4CC2CC(C#N)(C4)C3)c2c1cnc1[nH]ccc12. The number of rotatable bonds is 5. The first kappa shape index (κ1) is 21.1. The van der Waals surface area contributed by atoms with Gasteiger partial charge in [-0.05, 0) is 55.9 Å². The van der Waals surface area contributed by atoms with Gasteiger partial charge in [0.05, 0.1) is 35.0 Å². The fraction of sp³-hybridized carbons (Fsp3) is 0.542. The first-order valence-corrected chi connectivity index (χ1v) is 11.9. The van der Waals surface area contributed by atoms with E-state index in [9.17, 15) is 14.9 Å². The Morgan fingerprint density at radius 2 is 2.06 bits per heavy atom. The van der Waals surface area contributed by atoms with Crippen LogP contribution in [0, 0.1) is 34.5 Å². The van der Waals surface area contributed by atoms with Gasteiger partial charge in [0.15, 0.2) is 5.82 Å². The Kier molecular flexibility index (Phi) is 4.85. The summed E-state index contributed by atoms with van der Waals surface area (Å²) in [5.41, 5.74) is 1.46. The molecule has 10 nitrogen and oxygen atoms in total. The molecule has 3 heterocycles. The molecule has 0 saturated heterocycles. The third-order valence-electron chi connectivity index (χ3n) is 8.02. The Morgan fingerprint density at radius 1 is 1.26 bits per heavy atom. The van der Waals surface area contributed by atoms with Crippen LogP contribution in [0.2, 0.25) is 0 Å². The van der Waals surface area contributed by atoms with Crippen molar-refractivity contribution in [3.8, 4) is 6.07 Å². The van der Waals surface area contributed by atoms with Crippen molar-refractivity contribution in [1.82, 2.24) is 25.1 Å². The standard InChI is InChI=1S/C24H27N7O3/c1-34-5-4-27-22(32)23(33)29-21-17-11-28-20-16(2-3-26-20)19(17)31(30-21)18-14-6-13-7-15(18)10-24(8-13,9-14)12-25/h2-3,11,13-15,18H,4-10H2,1H3,(H,26,28)(H,27,32)(H,29,30,33). The van der Waals surface area contributed by atoms with E-state index in [0.717, 1.165) is 48.7 Å². The summed E-state index contributed by atoms with van der Waals surface area (Å²) in [6.07, 6.45) is 8.57. The van der Waals surface area contributed by atoms with Crippen molar-refractivity contribution in [3.05, 3.63) is 18.5 Å². The predicted molar refractivity (Wildman–Crippen MR) is 124 cm³/mol. The van der Waals surface area contributed by atoms with Crippen molar-refractivity contribution in [2.24, 2.45) is 23.2 Å². The van der Waals surface area contributed by atoms with Crippen LogP contribution in [0.3, 0.4) is 0 Å². The summed E-state index contributed by atoms with van der Waals surface area (Å²) in [6, 6.07) is 4.78. The number of amides is 2. The van der Waals surface area contributed by atoms with Crippen LogP contribution in [0.15, 0.2) is 18.5 Å². The van der Waals surface area contributed by atoms with E-state index in [1.165, 1.54) is 7.11 Å². The van der Waals surface area contributed by atoms with E-state index in [1.807, 2.05) is 12.3 Å². The van der Waals surface area contributed by atoms with Crippen LogP contribution in [-0.2, 0) is 14.3 Å². The fourth-order valence-corrected chi connectivity index (χ4v) is 6.98. The van der Waals surface area contributed by atoms with Gasteiger partial charge < -0.3 is 20.4 Å². The Labute approximate surface area is 196 Å². The van der Waals surface area contributed by atoms with Crippen molar-refractivity contribution >= 4 is 39.6 Å². The summed E-state index contributed by atoms with van der Waals surface area (Å²) in [5, 5.41) is 21.7. The highest BCUT2D eigenvalue weighted by Crippen LogP contribution is 2.63. The number of carbonyl (C=O) groups is 2. The highest BCUT2D eigenvalue weighted by Gasteiger charge is 2.56. The zero-order valence-electron chi connectivity index (χ0n) is 19.0. The number of pyridine rings is 1. The molecule has 0 spiro atoms. The van der Waals surface area contributed by atoms with Crippen LogP contribution >= 0.6 is 0 Å². The largest absolute Gasteiger partial charge is 0.383 e. The normalized spacial score (nSPS) is 29.4. The maximum Gasteiger partial charge on any atom is 0.314 e. The molecule has 3 aromatic rings. The van der Waals surface area contributed by atoms with E-state index in [4.69, 9.17) is 9.84 Å². The molecule has 4 fully saturated rings. The van der Waals surface area contributed by atoms with Crippen molar-refractivity contribution in [3.63, 3.8) is 0 Å². The molecule has 4 aliphatic carbocycles. The number of hydrogen-bond acceptors (Lipinski definition) is 6. The summed E-state index contributed by atoms with van der Waals surface area (Å²) >= 11 is 0. The quantitative estimate of drug-likeness (QED) is 0.394. The molecule has 10 heteroatoms. The van der Waals surface area contributed by atoms with Gasteiger partial charge in [-0.25, -0.2) is 4.98 Å². The third kappa shape index (κ3) is 3.18. The van der Waals surface area contributed by atoms with Crippen LogP contribution in [-0.4, -0.2) is 51.8 Å². The molecular formula is C24H27N7O3. The average Bonchev–Trinajstić information content (AvgIpc) is 3.43. The Bertz CT molecular complexity index is 1320. The Balaban J connectivity index is 1.40. The molecule has 4 bridgehead atoms. The monoisotopic (exact) mass is 461 g/mol. The number of nitrogens with one attached hydrogen (secondary N) is 3. The van der Waals surface area contributed by atoms with Crippen LogP contribution in [0.25, 0.3) is 21.9 Å². The molecule has 2 unspecified atom stereocenters. The molecule has 0 aromatic carbocycles. The number of nitriles is 1. The number of hydrogen-bond donors (Lipinski definition) is 3. The van der Waals surface area contributed by atoms with Crippen molar-refractivity contribution in [1.29, 1.82) is 5.26 Å². The highest BCUT2D eigenvalue weighted by molar-refractivity contribution is 6.40. The average molecular weight is 462 g/mol. The minimum absolute atomic E-state index is 0.155. The van der Waals surface area contributed by atoms with E-state index in [0.29, 0.717) is 35.6 Å². The number of anilines is 1. The molecule has 3 N–H and O–H groups in total. The van der Waals surface area contributed by atoms with E-state index in [2.05, 4.69) is 31.4 Å². The number of aromatic amines is 1. The second-order valence-corrected chi connectivity index (χ2v) is 10.1. The lowest BCUT2D eigenvalue weighted by atomic mass is 9.48. The topological polar surface area (TPSA) is 138 Å². The van der Waals surface area contributed by atoms with Crippen LogP contribution in [0.1, 0.15) is 38.1 Å². The van der Waals surface area contributed by atoms with Gasteiger partial charge in [0.2, 0.25) is 0 Å². The number of methoxy groups -OCH3 is 1. The Hall–Kier alpha value is -3.45. The van der Waals surface area contributed by atoms with Gasteiger partial charge in [-0.3, -0.25) is 14.3 Å². The zero-order valence-corrected chi connectivity index (χ0v) is 19.0. The van der Waals surface area contributed by atoms with Crippen LogP contribution < -0.4 is 10.6 Å². The summed E-state index contributed by atoms with van der Waals surface area (Å²) in [5.74, 6) is 0.181. The molecule has 2 amide bonds. The summed E-state index contributed by atoms with van der Waals surface area (Å²) in [6.45, 7) is 0.568. The van der Waals surface area contributed by atoms with Gasteiger partial charge in [0.1, 0.15) is 5.65 Å². The number of carbonyl (C=O) groups excluding carboxylic acids is 2. The smallest absolute Gasteiger partial charge is 0.314 e. The van der Waals surface area contributed by atoms with Crippen LogP contribution in [0.4, 0.5) is 5.82 Å². The second-order valence-electron chi connectivity index (χ2n) is 10.1. The van der Waals surface area contributed by atoms with E-state index in [1.54, 1.807) is 6.20 Å². The van der Waals surface area contributed by atoms with Gasteiger partial charge in [0.25, 0.3) is 0 Å². The number of aromatic nitrogens is 4. The first-order valence-electron chi connectivity index (χ1n) is 11.9. The number of H-pyrrole nitrogens is 1. The molecule has 4 aliphatic rings. The van der Waals surface area contributed by atoms with E-state index in [-0.39, 0.29) is 18.0 Å². The number of fused-ring (bicyclic) bond motifs is 3. The minimum Gasteiger partial charge on any atom is -0.383 e. The Morgan fingerprint density at radius 3 is 2.79 bits per heavy atom. The zero-order chi connectivity index (χ0) is 23.4. The molecule has 34 heavy (non-hydrogen) atoms. The third-order valence-corrected chi connectivity index (χ3v) is 8.02. The maximum absolute atomic E-state index is 12.6. The molecule has 0 radical (unpaired) electrons. The molecule has 2 atom stereocenters. The first-order chi connectivity index (χ1) is 16.5. The summed E-state index contributed by atoms with van der Waals surface area (Å²) < 4.78 is 6.98. The molecule has 176 valence electrons. The van der Waals surface area contributed by atoms with Gasteiger partial charge in [0, 0.05) is 31.4 Å². The predicted octanol–water partition coefficient (Wildman–Crippen LogP) is 2.50. The van der Waals surface area contributed by atoms with Crippen LogP contribution in [0.5, 0.6) is 0 Å². The highest BCUT2D eigenvalue weighted by atomic mass is 16.5. The summed E-state index contributed by atoms with van der Waals surface area (Å²) in [7, 11) is 1.53.